The number of fused-ring (bicyclic) bond motifs is 1. The van der Waals surface area contributed by atoms with E-state index >= 15 is 0 Å². The largest absolute Gasteiger partial charge is 0.382 e. The Labute approximate surface area is 171 Å². The molecule has 0 spiro atoms. The van der Waals surface area contributed by atoms with E-state index in [9.17, 15) is 12.8 Å². The summed E-state index contributed by atoms with van der Waals surface area (Å²) in [5.41, 5.74) is 2.45. The molecule has 0 aliphatic carbocycles. The Balaban J connectivity index is 1.70. The van der Waals surface area contributed by atoms with Gasteiger partial charge in [-0.25, -0.2) is 16.8 Å². The minimum atomic E-state index is -3.79. The van der Waals surface area contributed by atoms with Crippen LogP contribution < -0.4 is 5.32 Å². The average molecular weight is 416 g/mol. The number of hydrogen-bond acceptors (Lipinski definition) is 4. The van der Waals surface area contributed by atoms with Gasteiger partial charge in [-0.2, -0.15) is 0 Å². The van der Waals surface area contributed by atoms with E-state index in [0.717, 1.165) is 43.6 Å². The van der Waals surface area contributed by atoms with Crippen LogP contribution >= 0.6 is 0 Å². The molecule has 0 saturated carbocycles. The molecule has 5 nitrogen and oxygen atoms in total. The maximum absolute atomic E-state index is 13.5. The zero-order valence-electron chi connectivity index (χ0n) is 16.7. The lowest BCUT2D eigenvalue weighted by atomic mass is 10.0. The predicted molar refractivity (Wildman–Crippen MR) is 114 cm³/mol. The number of aromatic nitrogens is 1. The summed E-state index contributed by atoms with van der Waals surface area (Å²) < 4.78 is 41.3. The fourth-order valence-corrected chi connectivity index (χ4v) is 5.32. The number of nitrogens with zero attached hydrogens (tertiary/aromatic N) is 2. The van der Waals surface area contributed by atoms with Gasteiger partial charge in [-0.3, -0.25) is 0 Å². The van der Waals surface area contributed by atoms with Crippen molar-refractivity contribution < 1.29 is 12.8 Å². The number of piperidine rings is 1. The number of hydrogen-bond donors (Lipinski definition) is 1. The van der Waals surface area contributed by atoms with Crippen molar-refractivity contribution in [3.63, 3.8) is 0 Å². The first-order valence-electron chi connectivity index (χ1n) is 9.98. The molecule has 0 atom stereocenters. The molecule has 0 radical (unpaired) electrons. The molecule has 1 N–H and O–H groups in total. The molecule has 154 valence electrons. The van der Waals surface area contributed by atoms with Gasteiger partial charge in [0.1, 0.15) is 5.82 Å². The van der Waals surface area contributed by atoms with E-state index in [1.807, 2.05) is 6.07 Å². The van der Waals surface area contributed by atoms with Crippen molar-refractivity contribution in [1.29, 1.82) is 0 Å². The molecule has 1 fully saturated rings. The van der Waals surface area contributed by atoms with E-state index in [0.29, 0.717) is 16.9 Å². The van der Waals surface area contributed by atoms with E-state index in [1.165, 1.54) is 28.4 Å². The lowest BCUT2D eigenvalue weighted by Gasteiger charge is -2.30. The predicted octanol–water partition coefficient (Wildman–Crippen LogP) is 4.09. The standard InChI is InChI=1S/C22H26FN3O2S/c1-3-16-4-6-20(15-21(16)24-19-9-11-25(2)12-10-19)29(27,28)26-13-8-17-14-18(23)5-7-22(17)26/h4-8,13-15,19,24H,3,9-12H2,1-2H3. The Morgan fingerprint density at radius 3 is 2.59 bits per heavy atom. The van der Waals surface area contributed by atoms with Crippen molar-refractivity contribution in [1.82, 2.24) is 8.87 Å². The van der Waals surface area contributed by atoms with Crippen LogP contribution in [0.2, 0.25) is 0 Å². The Bertz CT molecular complexity index is 1130. The van der Waals surface area contributed by atoms with Gasteiger partial charge in [0.05, 0.1) is 10.4 Å². The van der Waals surface area contributed by atoms with Gasteiger partial charge in [0, 0.05) is 23.3 Å². The molecule has 1 aliphatic rings. The Morgan fingerprint density at radius 2 is 1.86 bits per heavy atom. The molecule has 3 aromatic rings. The fourth-order valence-electron chi connectivity index (χ4n) is 3.94. The third-order valence-corrected chi connectivity index (χ3v) is 7.40. The second-order valence-electron chi connectivity index (χ2n) is 7.71. The van der Waals surface area contributed by atoms with E-state index in [4.69, 9.17) is 0 Å². The van der Waals surface area contributed by atoms with E-state index < -0.39 is 10.0 Å². The summed E-state index contributed by atoms with van der Waals surface area (Å²) >= 11 is 0. The second-order valence-corrected chi connectivity index (χ2v) is 9.53. The maximum atomic E-state index is 13.5. The number of rotatable bonds is 5. The Kier molecular flexibility index (Phi) is 5.36. The molecule has 1 aromatic heterocycles. The minimum absolute atomic E-state index is 0.229. The molecule has 1 saturated heterocycles. The highest BCUT2D eigenvalue weighted by Crippen LogP contribution is 2.28. The minimum Gasteiger partial charge on any atom is -0.382 e. The zero-order valence-corrected chi connectivity index (χ0v) is 17.5. The van der Waals surface area contributed by atoms with Gasteiger partial charge in [-0.15, -0.1) is 0 Å². The molecule has 2 heterocycles. The highest BCUT2D eigenvalue weighted by atomic mass is 32.2. The van der Waals surface area contributed by atoms with Gasteiger partial charge >= 0.3 is 0 Å². The van der Waals surface area contributed by atoms with Crippen LogP contribution in [0.25, 0.3) is 10.9 Å². The molecule has 0 unspecified atom stereocenters. The van der Waals surface area contributed by atoms with E-state index in [1.54, 1.807) is 18.2 Å². The first-order valence-corrected chi connectivity index (χ1v) is 11.4. The lowest BCUT2D eigenvalue weighted by Crippen LogP contribution is -2.36. The normalized spacial score (nSPS) is 16.4. The van der Waals surface area contributed by atoms with Crippen molar-refractivity contribution in [3.8, 4) is 0 Å². The van der Waals surface area contributed by atoms with Crippen molar-refractivity contribution in [2.45, 2.75) is 37.1 Å². The Hall–Kier alpha value is -2.38. The van der Waals surface area contributed by atoms with Crippen LogP contribution in [0.5, 0.6) is 0 Å². The lowest BCUT2D eigenvalue weighted by molar-refractivity contribution is 0.264. The number of aryl methyl sites for hydroxylation is 1. The van der Waals surface area contributed by atoms with Crippen LogP contribution in [-0.4, -0.2) is 43.5 Å². The van der Waals surface area contributed by atoms with Crippen molar-refractivity contribution >= 4 is 26.6 Å². The quantitative estimate of drug-likeness (QED) is 0.682. The topological polar surface area (TPSA) is 54.3 Å². The molecule has 1 aliphatic heterocycles. The second kappa shape index (κ2) is 7.80. The molecular formula is C22H26FN3O2S. The maximum Gasteiger partial charge on any atom is 0.268 e. The molecule has 2 aromatic carbocycles. The van der Waals surface area contributed by atoms with Gasteiger partial charge in [-0.05, 0) is 81.4 Å². The summed E-state index contributed by atoms with van der Waals surface area (Å²) in [4.78, 5) is 2.53. The van der Waals surface area contributed by atoms with Gasteiger partial charge in [0.2, 0.25) is 0 Å². The summed E-state index contributed by atoms with van der Waals surface area (Å²) in [7, 11) is -1.67. The number of anilines is 1. The summed E-state index contributed by atoms with van der Waals surface area (Å²) in [5, 5.41) is 4.13. The summed E-state index contributed by atoms with van der Waals surface area (Å²) in [6.45, 7) is 4.13. The number of likely N-dealkylation sites (tertiary alicyclic amines) is 1. The van der Waals surface area contributed by atoms with Crippen molar-refractivity contribution in [2.24, 2.45) is 0 Å². The van der Waals surface area contributed by atoms with Crippen LogP contribution in [0, 0.1) is 5.82 Å². The van der Waals surface area contributed by atoms with Gasteiger partial charge in [-0.1, -0.05) is 13.0 Å². The number of nitrogens with one attached hydrogen (secondary N) is 1. The van der Waals surface area contributed by atoms with E-state index in [-0.39, 0.29) is 10.7 Å². The fraction of sp³-hybridized carbons (Fsp3) is 0.364. The first-order chi connectivity index (χ1) is 13.9. The van der Waals surface area contributed by atoms with Crippen molar-refractivity contribution in [3.05, 3.63) is 60.0 Å². The van der Waals surface area contributed by atoms with Crippen LogP contribution in [0.15, 0.2) is 53.6 Å². The molecule has 29 heavy (non-hydrogen) atoms. The smallest absolute Gasteiger partial charge is 0.268 e. The Morgan fingerprint density at radius 1 is 1.10 bits per heavy atom. The number of halogens is 1. The third-order valence-electron chi connectivity index (χ3n) is 5.71. The van der Waals surface area contributed by atoms with Gasteiger partial charge < -0.3 is 10.2 Å². The molecule has 4 rings (SSSR count). The first kappa shape index (κ1) is 19.9. The van der Waals surface area contributed by atoms with Crippen LogP contribution in [0.3, 0.4) is 0 Å². The van der Waals surface area contributed by atoms with Crippen LogP contribution in [0.1, 0.15) is 25.3 Å². The summed E-state index contributed by atoms with van der Waals surface area (Å²) in [5.74, 6) is -0.385. The highest BCUT2D eigenvalue weighted by Gasteiger charge is 2.22. The highest BCUT2D eigenvalue weighted by molar-refractivity contribution is 7.90. The van der Waals surface area contributed by atoms with Crippen molar-refractivity contribution in [2.75, 3.05) is 25.5 Å². The van der Waals surface area contributed by atoms with Crippen LogP contribution in [0.4, 0.5) is 10.1 Å². The number of benzene rings is 2. The molecule has 0 amide bonds. The SMILES string of the molecule is CCc1ccc(S(=O)(=O)n2ccc3cc(F)ccc32)cc1NC1CCN(C)CC1. The van der Waals surface area contributed by atoms with E-state index in [2.05, 4.69) is 24.2 Å². The summed E-state index contributed by atoms with van der Waals surface area (Å²) in [6, 6.07) is 11.4. The zero-order chi connectivity index (χ0) is 20.6. The van der Waals surface area contributed by atoms with Crippen LogP contribution in [-0.2, 0) is 16.4 Å². The van der Waals surface area contributed by atoms with Gasteiger partial charge in [0.25, 0.3) is 10.0 Å². The molecular weight excluding hydrogens is 389 g/mol. The van der Waals surface area contributed by atoms with Gasteiger partial charge in [0.15, 0.2) is 0 Å². The molecule has 7 heteroatoms. The summed E-state index contributed by atoms with van der Waals surface area (Å²) in [6.07, 6.45) is 4.37. The third kappa shape index (κ3) is 3.89. The monoisotopic (exact) mass is 415 g/mol. The average Bonchev–Trinajstić information content (AvgIpc) is 3.13. The molecule has 0 bridgehead atoms.